The van der Waals surface area contributed by atoms with Crippen LogP contribution in [0.25, 0.3) is 11.5 Å². The van der Waals surface area contributed by atoms with Crippen LogP contribution in [0.2, 0.25) is 10.0 Å². The van der Waals surface area contributed by atoms with Crippen molar-refractivity contribution in [3.8, 4) is 11.5 Å². The van der Waals surface area contributed by atoms with Crippen molar-refractivity contribution >= 4 is 54.8 Å². The topological polar surface area (TPSA) is 111 Å². The summed E-state index contributed by atoms with van der Waals surface area (Å²) >= 11 is 14.8. The van der Waals surface area contributed by atoms with E-state index < -0.39 is 37.8 Å². The molecule has 1 aromatic carbocycles. The maximum Gasteiger partial charge on any atom is 0.417 e. The van der Waals surface area contributed by atoms with E-state index in [9.17, 15) is 21.6 Å². The lowest BCUT2D eigenvalue weighted by atomic mass is 10.2. The molecule has 1 aliphatic rings. The molecule has 0 aliphatic carbocycles. The molecular weight excluding hydrogens is 576 g/mol. The number of rotatable bonds is 5. The molecule has 1 aliphatic heterocycles. The van der Waals surface area contributed by atoms with E-state index >= 15 is 0 Å². The number of halogens is 6. The van der Waals surface area contributed by atoms with E-state index in [1.54, 1.807) is 6.08 Å². The number of hydrogen-bond donors (Lipinski definition) is 2. The summed E-state index contributed by atoms with van der Waals surface area (Å²) in [5.41, 5.74) is 1.24. The molecular formula is C17H10BrCl2F3N6O3S. The summed E-state index contributed by atoms with van der Waals surface area (Å²) in [4.78, 5) is 8.46. The van der Waals surface area contributed by atoms with Gasteiger partial charge in [0, 0.05) is 6.20 Å². The van der Waals surface area contributed by atoms with Crippen LogP contribution in [0.4, 0.5) is 18.9 Å². The summed E-state index contributed by atoms with van der Waals surface area (Å²) in [6.07, 6.45) is -1.14. The predicted molar refractivity (Wildman–Crippen MR) is 116 cm³/mol. The summed E-state index contributed by atoms with van der Waals surface area (Å²) in [7, 11) is -4.52. The fourth-order valence-corrected chi connectivity index (χ4v) is 4.80. The van der Waals surface area contributed by atoms with Crippen molar-refractivity contribution in [3.05, 3.63) is 63.1 Å². The molecule has 16 heteroatoms. The second kappa shape index (κ2) is 8.76. The Balaban J connectivity index is 1.78. The van der Waals surface area contributed by atoms with Crippen LogP contribution in [0.3, 0.4) is 0 Å². The zero-order valence-corrected chi connectivity index (χ0v) is 19.7. The smallest absolute Gasteiger partial charge is 0.414 e. The van der Waals surface area contributed by atoms with Gasteiger partial charge in [0.15, 0.2) is 5.82 Å². The van der Waals surface area contributed by atoms with Gasteiger partial charge in [-0.3, -0.25) is 9.29 Å². The lowest BCUT2D eigenvalue weighted by Crippen LogP contribution is -2.21. The molecule has 0 amide bonds. The number of pyridine rings is 1. The first-order chi connectivity index (χ1) is 15.5. The van der Waals surface area contributed by atoms with Gasteiger partial charge in [-0.15, -0.1) is 15.7 Å². The maximum absolute atomic E-state index is 13.2. The zero-order chi connectivity index (χ0) is 24.0. The minimum atomic E-state index is -4.85. The molecule has 1 unspecified atom stereocenters. The summed E-state index contributed by atoms with van der Waals surface area (Å²) in [5, 5.41) is 7.36. The Morgan fingerprint density at radius 3 is 2.64 bits per heavy atom. The first-order valence-electron chi connectivity index (χ1n) is 8.71. The van der Waals surface area contributed by atoms with Gasteiger partial charge in [0.2, 0.25) is 4.73 Å². The van der Waals surface area contributed by atoms with Crippen molar-refractivity contribution in [1.29, 1.82) is 0 Å². The first kappa shape index (κ1) is 23.8. The molecule has 0 bridgehead atoms. The number of nitrogens with one attached hydrogen (secondary N) is 2. The summed E-state index contributed by atoms with van der Waals surface area (Å²) in [6, 6.07) is 3.47. The van der Waals surface area contributed by atoms with Crippen molar-refractivity contribution < 1.29 is 26.4 Å². The molecule has 33 heavy (non-hydrogen) atoms. The van der Waals surface area contributed by atoms with Crippen LogP contribution in [-0.4, -0.2) is 28.2 Å². The van der Waals surface area contributed by atoms with E-state index in [1.165, 1.54) is 23.1 Å². The number of nitrogens with zero attached hydrogens (tertiary/aromatic N) is 4. The van der Waals surface area contributed by atoms with Crippen LogP contribution >= 0.6 is 39.1 Å². The van der Waals surface area contributed by atoms with Gasteiger partial charge in [0.1, 0.15) is 18.1 Å². The van der Waals surface area contributed by atoms with Gasteiger partial charge in [-0.05, 0) is 46.3 Å². The zero-order valence-electron chi connectivity index (χ0n) is 15.8. The molecule has 174 valence electrons. The second-order valence-electron chi connectivity index (χ2n) is 6.47. The van der Waals surface area contributed by atoms with Crippen LogP contribution in [0.15, 0.2) is 52.4 Å². The van der Waals surface area contributed by atoms with E-state index in [2.05, 4.69) is 41.3 Å². The highest BCUT2D eigenvalue weighted by atomic mass is 79.9. The maximum atomic E-state index is 13.2. The minimum Gasteiger partial charge on any atom is -0.414 e. The predicted octanol–water partition coefficient (Wildman–Crippen LogP) is 4.78. The Morgan fingerprint density at radius 1 is 1.21 bits per heavy atom. The Morgan fingerprint density at radius 2 is 1.97 bits per heavy atom. The lowest BCUT2D eigenvalue weighted by Gasteiger charge is -2.16. The molecule has 3 heterocycles. The van der Waals surface area contributed by atoms with Crippen molar-refractivity contribution in [2.45, 2.75) is 17.2 Å². The molecule has 0 saturated heterocycles. The van der Waals surface area contributed by atoms with E-state index in [-0.39, 0.29) is 27.0 Å². The summed E-state index contributed by atoms with van der Waals surface area (Å²) in [5.74, 6) is 0.107. The van der Waals surface area contributed by atoms with Gasteiger partial charge in [0.05, 0.1) is 26.2 Å². The fourth-order valence-electron chi connectivity index (χ4n) is 2.87. The fraction of sp³-hybridized carbons (Fsp3) is 0.118. The number of alkyl halides is 3. The Bertz CT molecular complexity index is 1370. The molecule has 2 N–H and O–H groups in total. The largest absolute Gasteiger partial charge is 0.417 e. The van der Waals surface area contributed by atoms with Crippen LogP contribution < -0.4 is 10.2 Å². The first-order valence-corrected chi connectivity index (χ1v) is 11.7. The number of hydroxylamine groups is 1. The van der Waals surface area contributed by atoms with E-state index in [4.69, 9.17) is 28.0 Å². The Labute approximate surface area is 202 Å². The number of sulfonamides is 1. The van der Waals surface area contributed by atoms with E-state index in [1.807, 2.05) is 0 Å². The highest BCUT2D eigenvalue weighted by Gasteiger charge is 2.35. The normalized spacial score (nSPS) is 16.1. The number of hydrogen-bond acceptors (Lipinski definition) is 7. The standard InChI is InChI=1S/C17H10BrCl2F3N6O3S/c18-16-26-25-15(29(16)13-3-4-32-27-13)14-12(5-8(19)7-24-14)28-33(30,31)9-1-2-11(20)10(6-9)17(21,22)23/h1-7,13,27-28H. The van der Waals surface area contributed by atoms with Gasteiger partial charge in [0.25, 0.3) is 10.0 Å². The summed E-state index contributed by atoms with van der Waals surface area (Å²) < 4.78 is 69.5. The number of aromatic nitrogens is 4. The molecule has 0 spiro atoms. The molecule has 1 atom stereocenters. The van der Waals surface area contributed by atoms with Crippen molar-refractivity contribution in [3.63, 3.8) is 0 Å². The average molecular weight is 586 g/mol. The van der Waals surface area contributed by atoms with Crippen molar-refractivity contribution in [2.75, 3.05) is 4.72 Å². The van der Waals surface area contributed by atoms with Crippen LogP contribution in [-0.2, 0) is 21.0 Å². The van der Waals surface area contributed by atoms with E-state index in [0.717, 1.165) is 12.1 Å². The van der Waals surface area contributed by atoms with Crippen molar-refractivity contribution in [1.82, 2.24) is 25.2 Å². The summed E-state index contributed by atoms with van der Waals surface area (Å²) in [6.45, 7) is 0. The molecule has 0 saturated carbocycles. The molecule has 4 rings (SSSR count). The third kappa shape index (κ3) is 4.80. The van der Waals surface area contributed by atoms with Gasteiger partial charge < -0.3 is 4.84 Å². The van der Waals surface area contributed by atoms with E-state index in [0.29, 0.717) is 6.07 Å². The lowest BCUT2D eigenvalue weighted by molar-refractivity contribution is -0.137. The highest BCUT2D eigenvalue weighted by Crippen LogP contribution is 2.37. The molecule has 2 aromatic heterocycles. The van der Waals surface area contributed by atoms with Crippen molar-refractivity contribution in [2.24, 2.45) is 0 Å². The monoisotopic (exact) mass is 584 g/mol. The number of benzene rings is 1. The second-order valence-corrected chi connectivity index (χ2v) is 9.70. The Hall–Kier alpha value is -2.39. The quantitative estimate of drug-likeness (QED) is 0.443. The average Bonchev–Trinajstić information content (AvgIpc) is 3.36. The van der Waals surface area contributed by atoms with Gasteiger partial charge in [-0.1, -0.05) is 23.2 Å². The third-order valence-electron chi connectivity index (χ3n) is 4.31. The SMILES string of the molecule is O=S(=O)(Nc1cc(Cl)cnc1-c1nnc(Br)n1C1C=CON1)c1ccc(Cl)c(C(F)(F)F)c1. The molecule has 0 fully saturated rings. The molecule has 9 nitrogen and oxygen atoms in total. The van der Waals surface area contributed by atoms with Gasteiger partial charge in [-0.2, -0.15) is 13.2 Å². The van der Waals surface area contributed by atoms with Gasteiger partial charge >= 0.3 is 6.18 Å². The third-order valence-corrected chi connectivity index (χ3v) is 6.75. The molecule has 3 aromatic rings. The molecule has 0 radical (unpaired) electrons. The minimum absolute atomic E-state index is 0.00767. The van der Waals surface area contributed by atoms with Gasteiger partial charge in [-0.25, -0.2) is 13.4 Å². The highest BCUT2D eigenvalue weighted by molar-refractivity contribution is 9.10. The van der Waals surface area contributed by atoms with Crippen LogP contribution in [0, 0.1) is 0 Å². The Kier molecular flexibility index (Phi) is 6.30. The number of anilines is 1. The van der Waals surface area contributed by atoms with Crippen LogP contribution in [0.5, 0.6) is 0 Å². The van der Waals surface area contributed by atoms with Crippen LogP contribution in [0.1, 0.15) is 11.7 Å².